The van der Waals surface area contributed by atoms with Crippen molar-refractivity contribution in [2.75, 3.05) is 0 Å². The van der Waals surface area contributed by atoms with Crippen LogP contribution in [0.4, 0.5) is 0 Å². The molecule has 0 bridgehead atoms. The average Bonchev–Trinajstić information content (AvgIpc) is 2.82. The van der Waals surface area contributed by atoms with Gasteiger partial charge in [-0.3, -0.25) is 4.79 Å². The molecule has 4 nitrogen and oxygen atoms in total. The Kier molecular flexibility index (Phi) is 3.36. The summed E-state index contributed by atoms with van der Waals surface area (Å²) in [6.07, 6.45) is 0.391. The summed E-state index contributed by atoms with van der Waals surface area (Å²) in [6.45, 7) is 1.25. The van der Waals surface area contributed by atoms with Gasteiger partial charge in [-0.25, -0.2) is 4.79 Å². The SMILES string of the molecule is CC(=O)ON=C1Cc2cc(-c3ccccc3)ccc2C1=O. The molecule has 0 atom stereocenters. The van der Waals surface area contributed by atoms with Crippen LogP contribution in [0.3, 0.4) is 0 Å². The first-order valence-electron chi connectivity index (χ1n) is 6.62. The molecule has 2 aromatic carbocycles. The Bertz CT molecular complexity index is 748. The number of carbonyl (C=O) groups is 2. The van der Waals surface area contributed by atoms with Gasteiger partial charge in [-0.1, -0.05) is 53.7 Å². The zero-order valence-corrected chi connectivity index (χ0v) is 11.5. The fourth-order valence-corrected chi connectivity index (χ4v) is 2.38. The Morgan fingerprint density at radius 3 is 2.57 bits per heavy atom. The van der Waals surface area contributed by atoms with Gasteiger partial charge in [-0.05, 0) is 16.7 Å². The molecule has 0 saturated heterocycles. The lowest BCUT2D eigenvalue weighted by atomic mass is 10.0. The predicted molar refractivity (Wildman–Crippen MR) is 79.1 cm³/mol. The van der Waals surface area contributed by atoms with E-state index >= 15 is 0 Å². The van der Waals surface area contributed by atoms with Crippen LogP contribution in [0.2, 0.25) is 0 Å². The van der Waals surface area contributed by atoms with E-state index in [2.05, 4.69) is 9.99 Å². The third kappa shape index (κ3) is 2.60. The molecule has 0 aromatic heterocycles. The van der Waals surface area contributed by atoms with Crippen LogP contribution in [0.1, 0.15) is 22.8 Å². The standard InChI is InChI=1S/C17H13NO3/c1-11(19)21-18-16-10-14-9-13(7-8-15(14)17(16)20)12-5-3-2-4-6-12/h2-9H,10H2,1H3. The molecule has 0 unspecified atom stereocenters. The van der Waals surface area contributed by atoms with Gasteiger partial charge >= 0.3 is 5.97 Å². The Hall–Kier alpha value is -2.75. The topological polar surface area (TPSA) is 55.7 Å². The first-order valence-corrected chi connectivity index (χ1v) is 6.62. The van der Waals surface area contributed by atoms with Crippen molar-refractivity contribution in [3.8, 4) is 11.1 Å². The van der Waals surface area contributed by atoms with Crippen LogP contribution < -0.4 is 0 Å². The van der Waals surface area contributed by atoms with E-state index in [1.54, 1.807) is 6.07 Å². The number of rotatable bonds is 2. The number of hydrogen-bond acceptors (Lipinski definition) is 4. The molecule has 1 aliphatic rings. The number of carbonyl (C=O) groups excluding carboxylic acids is 2. The molecule has 0 spiro atoms. The van der Waals surface area contributed by atoms with Gasteiger partial charge in [0.1, 0.15) is 5.71 Å². The van der Waals surface area contributed by atoms with Crippen molar-refractivity contribution in [2.45, 2.75) is 13.3 Å². The summed E-state index contributed by atoms with van der Waals surface area (Å²) in [6, 6.07) is 15.7. The molecule has 0 radical (unpaired) electrons. The summed E-state index contributed by atoms with van der Waals surface area (Å²) >= 11 is 0. The maximum Gasteiger partial charge on any atom is 0.331 e. The number of fused-ring (bicyclic) bond motifs is 1. The molecule has 3 rings (SSSR count). The molecule has 0 aliphatic heterocycles. The highest BCUT2D eigenvalue weighted by molar-refractivity contribution is 6.49. The Morgan fingerprint density at radius 2 is 1.86 bits per heavy atom. The molecular weight excluding hydrogens is 266 g/mol. The minimum atomic E-state index is -0.531. The average molecular weight is 279 g/mol. The van der Waals surface area contributed by atoms with Crippen LogP contribution in [0, 0.1) is 0 Å². The minimum absolute atomic E-state index is 0.175. The monoisotopic (exact) mass is 279 g/mol. The van der Waals surface area contributed by atoms with Crippen molar-refractivity contribution in [3.05, 3.63) is 59.7 Å². The molecule has 0 heterocycles. The summed E-state index contributed by atoms with van der Waals surface area (Å²) in [5.41, 5.74) is 3.95. The molecule has 2 aromatic rings. The smallest absolute Gasteiger partial charge is 0.318 e. The van der Waals surface area contributed by atoms with Gasteiger partial charge in [0.15, 0.2) is 0 Å². The summed E-state index contributed by atoms with van der Waals surface area (Å²) in [5, 5.41) is 3.64. The van der Waals surface area contributed by atoms with Crippen LogP contribution in [-0.4, -0.2) is 17.5 Å². The van der Waals surface area contributed by atoms with Gasteiger partial charge in [-0.15, -0.1) is 0 Å². The van der Waals surface area contributed by atoms with Crippen LogP contribution in [-0.2, 0) is 16.1 Å². The highest BCUT2D eigenvalue weighted by Gasteiger charge is 2.27. The quantitative estimate of drug-likeness (QED) is 0.627. The van der Waals surface area contributed by atoms with Gasteiger partial charge in [-0.2, -0.15) is 0 Å². The van der Waals surface area contributed by atoms with Gasteiger partial charge in [0.2, 0.25) is 5.78 Å². The maximum atomic E-state index is 12.1. The third-order valence-corrected chi connectivity index (χ3v) is 3.36. The molecule has 0 N–H and O–H groups in total. The van der Waals surface area contributed by atoms with Gasteiger partial charge in [0.05, 0.1) is 0 Å². The number of benzene rings is 2. The Labute approximate surface area is 122 Å². The molecule has 4 heteroatoms. The highest BCUT2D eigenvalue weighted by Crippen LogP contribution is 2.27. The number of Topliss-reactive ketones (excluding diaryl/α,β-unsaturated/α-hetero) is 1. The van der Waals surface area contributed by atoms with Crippen molar-refractivity contribution < 1.29 is 14.4 Å². The lowest BCUT2D eigenvalue weighted by Crippen LogP contribution is -2.09. The molecule has 21 heavy (non-hydrogen) atoms. The van der Waals surface area contributed by atoms with E-state index in [1.807, 2.05) is 42.5 Å². The fourth-order valence-electron chi connectivity index (χ4n) is 2.38. The predicted octanol–water partition coefficient (Wildman–Crippen LogP) is 3.01. The van der Waals surface area contributed by atoms with E-state index in [9.17, 15) is 9.59 Å². The van der Waals surface area contributed by atoms with Gasteiger partial charge in [0, 0.05) is 18.9 Å². The lowest BCUT2D eigenvalue weighted by Gasteiger charge is -2.03. The molecule has 0 fully saturated rings. The second-order valence-electron chi connectivity index (χ2n) is 4.86. The molecule has 0 saturated carbocycles. The van der Waals surface area contributed by atoms with Crippen molar-refractivity contribution in [2.24, 2.45) is 5.16 Å². The zero-order chi connectivity index (χ0) is 14.8. The van der Waals surface area contributed by atoms with E-state index in [0.717, 1.165) is 16.7 Å². The second-order valence-corrected chi connectivity index (χ2v) is 4.86. The first kappa shape index (κ1) is 13.2. The van der Waals surface area contributed by atoms with Crippen molar-refractivity contribution in [3.63, 3.8) is 0 Å². The third-order valence-electron chi connectivity index (χ3n) is 3.36. The van der Waals surface area contributed by atoms with E-state index in [1.165, 1.54) is 6.92 Å². The van der Waals surface area contributed by atoms with Crippen molar-refractivity contribution in [1.29, 1.82) is 0 Å². The van der Waals surface area contributed by atoms with Gasteiger partial charge < -0.3 is 4.84 Å². The van der Waals surface area contributed by atoms with Gasteiger partial charge in [0.25, 0.3) is 0 Å². The first-order chi connectivity index (χ1) is 10.1. The van der Waals surface area contributed by atoms with E-state index in [4.69, 9.17) is 0 Å². The van der Waals surface area contributed by atoms with Crippen LogP contribution >= 0.6 is 0 Å². The minimum Gasteiger partial charge on any atom is -0.318 e. The van der Waals surface area contributed by atoms with Crippen LogP contribution in [0.25, 0.3) is 11.1 Å². The summed E-state index contributed by atoms with van der Waals surface area (Å²) in [5.74, 6) is -0.706. The second kappa shape index (κ2) is 5.32. The van der Waals surface area contributed by atoms with Crippen LogP contribution in [0.5, 0.6) is 0 Å². The normalized spacial score (nSPS) is 15.1. The molecule has 104 valence electrons. The van der Waals surface area contributed by atoms with Crippen molar-refractivity contribution in [1.82, 2.24) is 0 Å². The molecular formula is C17H13NO3. The largest absolute Gasteiger partial charge is 0.331 e. The lowest BCUT2D eigenvalue weighted by molar-refractivity contribution is -0.140. The zero-order valence-electron chi connectivity index (χ0n) is 11.5. The summed E-state index contributed by atoms with van der Waals surface area (Å²) in [4.78, 5) is 27.5. The number of oxime groups is 1. The Morgan fingerprint density at radius 1 is 1.10 bits per heavy atom. The summed E-state index contributed by atoms with van der Waals surface area (Å²) in [7, 11) is 0. The van der Waals surface area contributed by atoms with E-state index < -0.39 is 5.97 Å². The molecule has 0 amide bonds. The number of ketones is 1. The number of hydrogen-bond donors (Lipinski definition) is 0. The number of nitrogens with zero attached hydrogens (tertiary/aromatic N) is 1. The van der Waals surface area contributed by atoms with Crippen molar-refractivity contribution >= 4 is 17.5 Å². The van der Waals surface area contributed by atoms with E-state index in [0.29, 0.717) is 12.0 Å². The van der Waals surface area contributed by atoms with Crippen LogP contribution in [0.15, 0.2) is 53.7 Å². The maximum absolute atomic E-state index is 12.1. The van der Waals surface area contributed by atoms with E-state index in [-0.39, 0.29) is 11.5 Å². The molecule has 1 aliphatic carbocycles. The Balaban J connectivity index is 1.94. The highest BCUT2D eigenvalue weighted by atomic mass is 16.7. The fraction of sp³-hybridized carbons (Fsp3) is 0.118. The summed E-state index contributed by atoms with van der Waals surface area (Å²) < 4.78 is 0.